The Hall–Kier alpha value is -2.06. The molecule has 0 unspecified atom stereocenters. The second-order valence-electron chi connectivity index (χ2n) is 2.95. The summed E-state index contributed by atoms with van der Waals surface area (Å²) in [6, 6.07) is 11.4. The van der Waals surface area contributed by atoms with Crippen LogP contribution in [0.15, 0.2) is 30.8 Å². The van der Waals surface area contributed by atoms with Crippen molar-refractivity contribution in [3.8, 4) is 12.1 Å². The molecule has 0 aliphatic carbocycles. The van der Waals surface area contributed by atoms with Crippen molar-refractivity contribution in [1.29, 1.82) is 10.5 Å². The Balaban J connectivity index is 2.74. The van der Waals surface area contributed by atoms with E-state index in [-0.39, 0.29) is 0 Å². The lowest BCUT2D eigenvalue weighted by molar-refractivity contribution is 1.08. The fraction of sp³-hybridized carbons (Fsp3) is 0.167. The first-order valence-corrected chi connectivity index (χ1v) is 4.33. The normalized spacial score (nSPS) is 8.71. The third kappa shape index (κ3) is 2.47. The van der Waals surface area contributed by atoms with Gasteiger partial charge in [-0.3, -0.25) is 0 Å². The van der Waals surface area contributed by atoms with Gasteiger partial charge < -0.3 is 0 Å². The summed E-state index contributed by atoms with van der Waals surface area (Å²) in [7, 11) is 0. The summed E-state index contributed by atoms with van der Waals surface area (Å²) in [5, 5.41) is 17.0. The van der Waals surface area contributed by atoms with Crippen molar-refractivity contribution in [2.75, 3.05) is 0 Å². The van der Waals surface area contributed by atoms with E-state index in [1.54, 1.807) is 12.1 Å². The number of nitrogens with zero attached hydrogens (tertiary/aromatic N) is 2. The number of rotatable bonds is 3. The van der Waals surface area contributed by atoms with E-state index in [1.807, 2.05) is 12.1 Å². The first kappa shape index (κ1) is 10.0. The molecule has 0 N–H and O–H groups in total. The summed E-state index contributed by atoms with van der Waals surface area (Å²) < 4.78 is 0. The molecular weight excluding hydrogens is 172 g/mol. The van der Waals surface area contributed by atoms with Crippen molar-refractivity contribution in [3.63, 3.8) is 0 Å². The van der Waals surface area contributed by atoms with Crippen LogP contribution in [0.4, 0.5) is 0 Å². The Kier molecular flexibility index (Phi) is 3.47. The van der Waals surface area contributed by atoms with Crippen molar-refractivity contribution in [2.45, 2.75) is 12.8 Å². The van der Waals surface area contributed by atoms with E-state index in [4.69, 9.17) is 10.5 Å². The molecule has 0 aliphatic rings. The van der Waals surface area contributed by atoms with Gasteiger partial charge in [0.1, 0.15) is 0 Å². The van der Waals surface area contributed by atoms with Gasteiger partial charge in [-0.15, -0.1) is 0 Å². The Labute approximate surface area is 83.7 Å². The lowest BCUT2D eigenvalue weighted by Crippen LogP contribution is -1.83. The van der Waals surface area contributed by atoms with Crippen LogP contribution in [0.5, 0.6) is 0 Å². The molecule has 68 valence electrons. The van der Waals surface area contributed by atoms with Crippen LogP contribution >= 0.6 is 0 Å². The molecule has 1 aromatic carbocycles. The summed E-state index contributed by atoms with van der Waals surface area (Å²) in [6.45, 7) is 3.88. The topological polar surface area (TPSA) is 47.6 Å². The minimum absolute atomic E-state index is 0.485. The first-order chi connectivity index (χ1) is 6.77. The molecule has 0 atom stereocenters. The van der Waals surface area contributed by atoms with Gasteiger partial charge in [-0.25, -0.2) is 0 Å². The van der Waals surface area contributed by atoms with Gasteiger partial charge in [0.05, 0.1) is 17.7 Å². The highest BCUT2D eigenvalue weighted by molar-refractivity contribution is 5.64. The molecule has 14 heavy (non-hydrogen) atoms. The van der Waals surface area contributed by atoms with Crippen molar-refractivity contribution < 1.29 is 0 Å². The quantitative estimate of drug-likeness (QED) is 0.721. The molecule has 1 aromatic rings. The molecule has 0 saturated heterocycles. The summed E-state index contributed by atoms with van der Waals surface area (Å²) in [4.78, 5) is 0. The molecule has 0 fully saturated rings. The second-order valence-corrected chi connectivity index (χ2v) is 2.95. The van der Waals surface area contributed by atoms with Gasteiger partial charge in [-0.1, -0.05) is 18.7 Å². The molecule has 0 saturated carbocycles. The molecule has 2 nitrogen and oxygen atoms in total. The number of allylic oxidation sites excluding steroid dienone is 1. The predicted octanol–water partition coefficient (Wildman–Crippen LogP) is 2.88. The Bertz CT molecular complexity index is 401. The van der Waals surface area contributed by atoms with Crippen LogP contribution in [-0.4, -0.2) is 0 Å². The maximum Gasteiger partial charge on any atom is 0.0991 e. The van der Waals surface area contributed by atoms with Gasteiger partial charge in [0.2, 0.25) is 0 Å². The smallest absolute Gasteiger partial charge is 0.0991 e. The summed E-state index contributed by atoms with van der Waals surface area (Å²) >= 11 is 0. The third-order valence-corrected chi connectivity index (χ3v) is 1.96. The second kappa shape index (κ2) is 4.84. The molecular formula is C12H10N2. The van der Waals surface area contributed by atoms with E-state index in [0.29, 0.717) is 18.4 Å². The van der Waals surface area contributed by atoms with E-state index in [0.717, 1.165) is 11.1 Å². The van der Waals surface area contributed by atoms with E-state index >= 15 is 0 Å². The Morgan fingerprint density at radius 2 is 1.86 bits per heavy atom. The van der Waals surface area contributed by atoms with Gasteiger partial charge in [0.15, 0.2) is 0 Å². The van der Waals surface area contributed by atoms with Crippen LogP contribution in [0, 0.1) is 22.7 Å². The van der Waals surface area contributed by atoms with Crippen LogP contribution in [0.2, 0.25) is 0 Å². The molecule has 0 bridgehead atoms. The molecule has 0 aliphatic heterocycles. The average Bonchev–Trinajstić information content (AvgIpc) is 2.26. The number of hydrogen-bond donors (Lipinski definition) is 0. The minimum atomic E-state index is 0.485. The number of benzene rings is 1. The zero-order valence-corrected chi connectivity index (χ0v) is 7.83. The Morgan fingerprint density at radius 3 is 2.36 bits per heavy atom. The summed E-state index contributed by atoms with van der Waals surface area (Å²) in [5.74, 6) is 0. The van der Waals surface area contributed by atoms with Crippen molar-refractivity contribution in [1.82, 2.24) is 0 Å². The summed E-state index contributed by atoms with van der Waals surface area (Å²) in [6.07, 6.45) is 1.17. The van der Waals surface area contributed by atoms with Gasteiger partial charge >= 0.3 is 0 Å². The maximum atomic E-state index is 8.59. The average molecular weight is 182 g/mol. The molecule has 0 amide bonds. The SMILES string of the molecule is C=C(CCC#N)c1ccc(C#N)cc1. The highest BCUT2D eigenvalue weighted by Crippen LogP contribution is 2.17. The maximum absolute atomic E-state index is 8.59. The predicted molar refractivity (Wildman–Crippen MR) is 55.0 cm³/mol. The lowest BCUT2D eigenvalue weighted by Gasteiger charge is -2.02. The van der Waals surface area contributed by atoms with Gasteiger partial charge in [0, 0.05) is 6.42 Å². The lowest BCUT2D eigenvalue weighted by atomic mass is 10.0. The zero-order valence-electron chi connectivity index (χ0n) is 7.83. The molecule has 0 radical (unpaired) electrons. The van der Waals surface area contributed by atoms with E-state index in [1.165, 1.54) is 0 Å². The van der Waals surface area contributed by atoms with Crippen LogP contribution in [0.3, 0.4) is 0 Å². The van der Waals surface area contributed by atoms with Crippen LogP contribution in [-0.2, 0) is 0 Å². The van der Waals surface area contributed by atoms with Gasteiger partial charge in [-0.05, 0) is 29.7 Å². The van der Waals surface area contributed by atoms with Crippen LogP contribution in [0.1, 0.15) is 24.0 Å². The van der Waals surface area contributed by atoms with E-state index in [9.17, 15) is 0 Å². The van der Waals surface area contributed by atoms with Gasteiger partial charge in [-0.2, -0.15) is 10.5 Å². The van der Waals surface area contributed by atoms with Crippen molar-refractivity contribution >= 4 is 5.57 Å². The first-order valence-electron chi connectivity index (χ1n) is 4.33. The molecule has 0 aromatic heterocycles. The summed E-state index contributed by atoms with van der Waals surface area (Å²) in [5.41, 5.74) is 2.58. The van der Waals surface area contributed by atoms with Crippen molar-refractivity contribution in [2.24, 2.45) is 0 Å². The largest absolute Gasteiger partial charge is 0.198 e. The fourth-order valence-electron chi connectivity index (χ4n) is 1.13. The van der Waals surface area contributed by atoms with Crippen LogP contribution in [0.25, 0.3) is 5.57 Å². The molecule has 0 spiro atoms. The Morgan fingerprint density at radius 1 is 1.21 bits per heavy atom. The molecule has 2 heteroatoms. The number of nitriles is 2. The third-order valence-electron chi connectivity index (χ3n) is 1.96. The minimum Gasteiger partial charge on any atom is -0.198 e. The fourth-order valence-corrected chi connectivity index (χ4v) is 1.13. The standard InChI is InChI=1S/C12H10N2/c1-10(3-2-8-13)12-6-4-11(9-14)5-7-12/h4-7H,1-3H2. The zero-order chi connectivity index (χ0) is 10.4. The molecule has 1 rings (SSSR count). The van der Waals surface area contributed by atoms with Crippen LogP contribution < -0.4 is 0 Å². The van der Waals surface area contributed by atoms with Crippen molar-refractivity contribution in [3.05, 3.63) is 42.0 Å². The van der Waals surface area contributed by atoms with E-state index < -0.39 is 0 Å². The number of hydrogen-bond acceptors (Lipinski definition) is 2. The monoisotopic (exact) mass is 182 g/mol. The molecule has 0 heterocycles. The van der Waals surface area contributed by atoms with E-state index in [2.05, 4.69) is 18.7 Å². The van der Waals surface area contributed by atoms with Gasteiger partial charge in [0.25, 0.3) is 0 Å². The highest BCUT2D eigenvalue weighted by atomic mass is 14.2. The highest BCUT2D eigenvalue weighted by Gasteiger charge is 1.98.